The normalized spacial score (nSPS) is 11.8. The highest BCUT2D eigenvalue weighted by atomic mass is 16.2. The Bertz CT molecular complexity index is 563. The Kier molecular flexibility index (Phi) is 35.2. The number of unbranched alkanes of at least 4 members (excludes halogenated alkanes) is 30. The summed E-state index contributed by atoms with van der Waals surface area (Å²) in [5.74, 6) is -0.0279. The highest BCUT2D eigenvalue weighted by Crippen LogP contribution is 2.15. The van der Waals surface area contributed by atoms with Crippen LogP contribution in [0.1, 0.15) is 219 Å². The van der Waals surface area contributed by atoms with Crippen LogP contribution < -0.4 is 11.1 Å². The molecule has 0 bridgehead atoms. The van der Waals surface area contributed by atoms with E-state index in [2.05, 4.69) is 24.2 Å². The van der Waals surface area contributed by atoms with E-state index < -0.39 is 0 Å². The van der Waals surface area contributed by atoms with Crippen molar-refractivity contribution in [1.82, 2.24) is 5.32 Å². The molecule has 1 amide bonds. The van der Waals surface area contributed by atoms with Gasteiger partial charge in [0.15, 0.2) is 5.84 Å². The van der Waals surface area contributed by atoms with Gasteiger partial charge in [-0.3, -0.25) is 9.79 Å². The van der Waals surface area contributed by atoms with Gasteiger partial charge in [0.05, 0.1) is 0 Å². The molecule has 0 aromatic rings. The van der Waals surface area contributed by atoms with Crippen LogP contribution >= 0.6 is 0 Å². The van der Waals surface area contributed by atoms with Crippen LogP contribution in [0.25, 0.3) is 0 Å². The summed E-state index contributed by atoms with van der Waals surface area (Å²) in [5, 5.41) is 2.94. The summed E-state index contributed by atoms with van der Waals surface area (Å²) in [5.41, 5.74) is 5.89. The Hall–Kier alpha value is -1.06. The summed E-state index contributed by atoms with van der Waals surface area (Å²) >= 11 is 0. The van der Waals surface area contributed by atoms with E-state index in [9.17, 15) is 4.79 Å². The maximum absolute atomic E-state index is 12.1. The predicted molar refractivity (Wildman–Crippen MR) is 189 cm³/mol. The maximum atomic E-state index is 12.1. The Morgan fingerprint density at radius 1 is 0.429 bits per heavy atom. The third-order valence-corrected chi connectivity index (χ3v) is 8.84. The average molecular weight is 592 g/mol. The molecule has 42 heavy (non-hydrogen) atoms. The molecule has 0 radical (unpaired) electrons. The van der Waals surface area contributed by atoms with Crippen molar-refractivity contribution >= 4 is 11.7 Å². The zero-order valence-electron chi connectivity index (χ0n) is 29.0. The molecule has 0 aromatic carbocycles. The van der Waals surface area contributed by atoms with E-state index in [0.29, 0.717) is 13.1 Å². The number of aliphatic imine (C=N–C) groups is 1. The molecular weight excluding hydrogens is 514 g/mol. The van der Waals surface area contributed by atoms with Gasteiger partial charge in [0.25, 0.3) is 5.91 Å². The fraction of sp³-hybridized carbons (Fsp3) is 0.947. The van der Waals surface area contributed by atoms with Gasteiger partial charge in [0.1, 0.15) is 0 Å². The molecule has 0 fully saturated rings. The molecule has 0 atom stereocenters. The van der Waals surface area contributed by atoms with Crippen LogP contribution in [0.4, 0.5) is 0 Å². The molecule has 0 saturated heterocycles. The molecule has 0 aromatic heterocycles. The molecule has 0 unspecified atom stereocenters. The first-order valence-corrected chi connectivity index (χ1v) is 19.3. The largest absolute Gasteiger partial charge is 0.379 e. The Labute approximate surface area is 264 Å². The molecule has 0 heterocycles. The van der Waals surface area contributed by atoms with Crippen molar-refractivity contribution in [3.05, 3.63) is 0 Å². The van der Waals surface area contributed by atoms with E-state index in [0.717, 1.165) is 12.8 Å². The number of nitrogens with one attached hydrogen (secondary N) is 1. The van der Waals surface area contributed by atoms with Gasteiger partial charge in [-0.1, -0.05) is 206 Å². The molecule has 0 saturated carbocycles. The van der Waals surface area contributed by atoms with Crippen LogP contribution in [0.5, 0.6) is 0 Å². The Morgan fingerprint density at radius 3 is 1.00 bits per heavy atom. The minimum absolute atomic E-state index is 0.160. The lowest BCUT2D eigenvalue weighted by Gasteiger charge is -2.06. The van der Waals surface area contributed by atoms with E-state index in [1.54, 1.807) is 0 Å². The van der Waals surface area contributed by atoms with E-state index in [1.165, 1.54) is 193 Å². The van der Waals surface area contributed by atoms with Gasteiger partial charge in [0, 0.05) is 13.1 Å². The lowest BCUT2D eigenvalue weighted by atomic mass is 10.0. The minimum atomic E-state index is -0.188. The molecule has 4 heteroatoms. The van der Waals surface area contributed by atoms with Crippen LogP contribution in [-0.2, 0) is 4.79 Å². The monoisotopic (exact) mass is 592 g/mol. The first-order chi connectivity index (χ1) is 20.7. The minimum Gasteiger partial charge on any atom is -0.379 e. The van der Waals surface area contributed by atoms with Crippen LogP contribution in [0.2, 0.25) is 0 Å². The zero-order valence-corrected chi connectivity index (χ0v) is 29.0. The second-order valence-electron chi connectivity index (χ2n) is 13.1. The van der Waals surface area contributed by atoms with Crippen molar-refractivity contribution in [2.45, 2.75) is 219 Å². The van der Waals surface area contributed by atoms with Gasteiger partial charge in [-0.2, -0.15) is 0 Å². The van der Waals surface area contributed by atoms with Gasteiger partial charge in [-0.15, -0.1) is 0 Å². The van der Waals surface area contributed by atoms with Crippen molar-refractivity contribution in [2.24, 2.45) is 10.7 Å². The Balaban J connectivity index is 3.33. The van der Waals surface area contributed by atoms with Crippen molar-refractivity contribution in [3.63, 3.8) is 0 Å². The number of nitrogens with two attached hydrogens (primary N) is 1. The summed E-state index contributed by atoms with van der Waals surface area (Å²) < 4.78 is 0. The number of amidine groups is 1. The van der Waals surface area contributed by atoms with Gasteiger partial charge < -0.3 is 11.1 Å². The first-order valence-electron chi connectivity index (χ1n) is 19.3. The summed E-state index contributed by atoms with van der Waals surface area (Å²) in [6, 6.07) is 0. The standard InChI is InChI=1S/C38H77N3O/c1-3-5-7-9-11-13-15-17-19-21-23-25-27-29-31-33-35-40-37(39)38(42)41-36-34-32-30-28-26-24-22-20-18-16-14-12-10-8-6-4-2/h3-36H2,1-2H3,(H2,39,40)(H,41,42). The zero-order chi connectivity index (χ0) is 30.6. The topological polar surface area (TPSA) is 67.5 Å². The maximum Gasteiger partial charge on any atom is 0.286 e. The highest BCUT2D eigenvalue weighted by molar-refractivity contribution is 6.37. The average Bonchev–Trinajstić information content (AvgIpc) is 3.00. The lowest BCUT2D eigenvalue weighted by Crippen LogP contribution is -2.37. The van der Waals surface area contributed by atoms with E-state index in [-0.39, 0.29) is 11.7 Å². The number of carbonyl (C=O) groups excluding carboxylic acids is 1. The number of rotatable bonds is 34. The Morgan fingerprint density at radius 2 is 0.690 bits per heavy atom. The molecule has 250 valence electrons. The van der Waals surface area contributed by atoms with Crippen molar-refractivity contribution in [2.75, 3.05) is 13.1 Å². The third-order valence-electron chi connectivity index (χ3n) is 8.84. The third kappa shape index (κ3) is 33.4. The van der Waals surface area contributed by atoms with Gasteiger partial charge >= 0.3 is 0 Å². The van der Waals surface area contributed by atoms with E-state index in [4.69, 9.17) is 5.73 Å². The van der Waals surface area contributed by atoms with Crippen molar-refractivity contribution in [1.29, 1.82) is 0 Å². The smallest absolute Gasteiger partial charge is 0.286 e. The molecular formula is C38H77N3O. The summed E-state index contributed by atoms with van der Waals surface area (Å²) in [7, 11) is 0. The molecule has 4 nitrogen and oxygen atoms in total. The van der Waals surface area contributed by atoms with Gasteiger partial charge in [-0.25, -0.2) is 0 Å². The van der Waals surface area contributed by atoms with E-state index in [1.807, 2.05) is 0 Å². The molecule has 0 spiro atoms. The SMILES string of the molecule is CCCCCCCCCCCCCCCCCCN=C(N)C(=O)NCCCCCCCCCCCCCCCCCC. The van der Waals surface area contributed by atoms with Crippen molar-refractivity contribution < 1.29 is 4.79 Å². The predicted octanol–water partition coefficient (Wildman–Crippen LogP) is 12.0. The van der Waals surface area contributed by atoms with Gasteiger partial charge in [-0.05, 0) is 12.8 Å². The highest BCUT2D eigenvalue weighted by Gasteiger charge is 2.05. The van der Waals surface area contributed by atoms with Crippen LogP contribution in [0.15, 0.2) is 4.99 Å². The first kappa shape index (κ1) is 40.9. The van der Waals surface area contributed by atoms with Crippen molar-refractivity contribution in [3.8, 4) is 0 Å². The molecule has 3 N–H and O–H groups in total. The quantitative estimate of drug-likeness (QED) is 0.0444. The summed E-state index contributed by atoms with van der Waals surface area (Å²) in [6.07, 6.45) is 43.6. The van der Waals surface area contributed by atoms with E-state index >= 15 is 0 Å². The number of hydrogen-bond acceptors (Lipinski definition) is 2. The fourth-order valence-electron chi connectivity index (χ4n) is 5.90. The van der Waals surface area contributed by atoms with Crippen LogP contribution in [0.3, 0.4) is 0 Å². The van der Waals surface area contributed by atoms with Gasteiger partial charge in [0.2, 0.25) is 0 Å². The fourth-order valence-corrected chi connectivity index (χ4v) is 5.90. The summed E-state index contributed by atoms with van der Waals surface area (Å²) in [4.78, 5) is 16.4. The second-order valence-corrected chi connectivity index (χ2v) is 13.1. The number of hydrogen-bond donors (Lipinski definition) is 2. The second kappa shape index (κ2) is 36.1. The molecule has 0 rings (SSSR count). The molecule has 0 aliphatic rings. The van der Waals surface area contributed by atoms with Crippen LogP contribution in [-0.4, -0.2) is 24.8 Å². The number of carbonyl (C=O) groups is 1. The number of nitrogens with zero attached hydrogens (tertiary/aromatic N) is 1. The number of amides is 1. The van der Waals surface area contributed by atoms with Crippen LogP contribution in [0, 0.1) is 0 Å². The molecule has 0 aliphatic heterocycles. The lowest BCUT2D eigenvalue weighted by molar-refractivity contribution is -0.114. The summed E-state index contributed by atoms with van der Waals surface area (Å²) in [6.45, 7) is 5.97. The molecule has 0 aliphatic carbocycles.